The Hall–Kier alpha value is -1.42. The zero-order chi connectivity index (χ0) is 13.0. The molecule has 0 saturated heterocycles. The molecule has 2 aromatic rings. The van der Waals surface area contributed by atoms with E-state index in [0.29, 0.717) is 5.33 Å². The lowest BCUT2D eigenvalue weighted by molar-refractivity contribution is 0.285. The molecule has 0 radical (unpaired) electrons. The molecule has 0 aliphatic heterocycles. The van der Waals surface area contributed by atoms with E-state index in [4.69, 9.17) is 4.74 Å². The van der Waals surface area contributed by atoms with Gasteiger partial charge in [0.25, 0.3) is 0 Å². The SMILES string of the molecule is Cc1cccnc1COc1ccc(CBr)cc1F. The summed E-state index contributed by atoms with van der Waals surface area (Å²) >= 11 is 3.28. The largest absolute Gasteiger partial charge is 0.484 e. The average molecular weight is 310 g/mol. The molecule has 2 rings (SSSR count). The molecule has 0 saturated carbocycles. The lowest BCUT2D eigenvalue weighted by Crippen LogP contribution is -2.01. The molecule has 1 heterocycles. The highest BCUT2D eigenvalue weighted by Gasteiger charge is 2.06. The predicted molar refractivity (Wildman–Crippen MR) is 72.3 cm³/mol. The zero-order valence-corrected chi connectivity index (χ0v) is 11.6. The van der Waals surface area contributed by atoms with E-state index < -0.39 is 0 Å². The highest BCUT2D eigenvalue weighted by Crippen LogP contribution is 2.21. The number of ether oxygens (including phenoxy) is 1. The summed E-state index contributed by atoms with van der Waals surface area (Å²) in [7, 11) is 0. The smallest absolute Gasteiger partial charge is 0.165 e. The van der Waals surface area contributed by atoms with Crippen LogP contribution < -0.4 is 4.74 Å². The second kappa shape index (κ2) is 5.96. The average Bonchev–Trinajstić information content (AvgIpc) is 2.39. The fourth-order valence-electron chi connectivity index (χ4n) is 1.56. The normalized spacial score (nSPS) is 10.4. The van der Waals surface area contributed by atoms with Gasteiger partial charge in [0.05, 0.1) is 5.69 Å². The van der Waals surface area contributed by atoms with E-state index in [-0.39, 0.29) is 18.2 Å². The summed E-state index contributed by atoms with van der Waals surface area (Å²) in [6, 6.07) is 8.76. The topological polar surface area (TPSA) is 22.1 Å². The summed E-state index contributed by atoms with van der Waals surface area (Å²) in [5.41, 5.74) is 2.74. The Labute approximate surface area is 114 Å². The maximum Gasteiger partial charge on any atom is 0.165 e. The molecule has 4 heteroatoms. The first-order valence-electron chi connectivity index (χ1n) is 5.58. The summed E-state index contributed by atoms with van der Waals surface area (Å²) in [6.45, 7) is 2.23. The lowest BCUT2D eigenvalue weighted by Gasteiger charge is -2.09. The molecule has 1 aromatic heterocycles. The number of rotatable bonds is 4. The van der Waals surface area contributed by atoms with E-state index in [1.807, 2.05) is 25.1 Å². The molecule has 0 aliphatic rings. The van der Waals surface area contributed by atoms with Crippen LogP contribution in [0.3, 0.4) is 0 Å². The van der Waals surface area contributed by atoms with Crippen molar-refractivity contribution >= 4 is 15.9 Å². The van der Waals surface area contributed by atoms with Crippen LogP contribution in [-0.4, -0.2) is 4.98 Å². The van der Waals surface area contributed by atoms with Crippen molar-refractivity contribution in [3.05, 3.63) is 59.2 Å². The highest BCUT2D eigenvalue weighted by atomic mass is 79.9. The Morgan fingerprint density at radius 2 is 2.17 bits per heavy atom. The van der Waals surface area contributed by atoms with Crippen molar-refractivity contribution in [3.63, 3.8) is 0 Å². The summed E-state index contributed by atoms with van der Waals surface area (Å²) in [4.78, 5) is 4.20. The summed E-state index contributed by atoms with van der Waals surface area (Å²) in [6.07, 6.45) is 1.70. The second-order valence-corrected chi connectivity index (χ2v) is 4.51. The minimum Gasteiger partial charge on any atom is -0.484 e. The van der Waals surface area contributed by atoms with Crippen LogP contribution in [0.2, 0.25) is 0 Å². The number of hydrogen-bond acceptors (Lipinski definition) is 2. The quantitative estimate of drug-likeness (QED) is 0.796. The maximum absolute atomic E-state index is 13.7. The Bertz CT molecular complexity index is 545. The molecule has 0 atom stereocenters. The fourth-order valence-corrected chi connectivity index (χ4v) is 1.91. The Morgan fingerprint density at radius 1 is 1.33 bits per heavy atom. The van der Waals surface area contributed by atoms with Crippen LogP contribution in [-0.2, 0) is 11.9 Å². The standard InChI is InChI=1S/C14H13BrFNO/c1-10-3-2-6-17-13(10)9-18-14-5-4-11(8-15)7-12(14)16/h2-7H,8-9H2,1H3. The Balaban J connectivity index is 2.09. The van der Waals surface area contributed by atoms with Crippen LogP contribution in [0, 0.1) is 12.7 Å². The number of benzene rings is 1. The summed E-state index contributed by atoms with van der Waals surface area (Å²) < 4.78 is 19.1. The zero-order valence-electron chi connectivity index (χ0n) is 9.99. The van der Waals surface area contributed by atoms with Gasteiger partial charge in [-0.3, -0.25) is 4.98 Å². The van der Waals surface area contributed by atoms with Crippen LogP contribution >= 0.6 is 15.9 Å². The van der Waals surface area contributed by atoms with Gasteiger partial charge in [0.15, 0.2) is 11.6 Å². The molecule has 94 valence electrons. The monoisotopic (exact) mass is 309 g/mol. The van der Waals surface area contributed by atoms with Crippen molar-refractivity contribution < 1.29 is 9.13 Å². The molecule has 2 nitrogen and oxygen atoms in total. The molecule has 0 amide bonds. The van der Waals surface area contributed by atoms with Crippen LogP contribution in [0.25, 0.3) is 0 Å². The number of halogens is 2. The first-order valence-corrected chi connectivity index (χ1v) is 6.70. The third kappa shape index (κ3) is 3.07. The number of aryl methyl sites for hydroxylation is 1. The van der Waals surface area contributed by atoms with Gasteiger partial charge in [-0.1, -0.05) is 28.1 Å². The molecule has 0 aliphatic carbocycles. The van der Waals surface area contributed by atoms with Gasteiger partial charge in [0, 0.05) is 11.5 Å². The van der Waals surface area contributed by atoms with Gasteiger partial charge in [-0.25, -0.2) is 4.39 Å². The van der Waals surface area contributed by atoms with Crippen LogP contribution in [0.4, 0.5) is 4.39 Å². The Kier molecular flexibility index (Phi) is 4.31. The molecule has 1 aromatic carbocycles. The van der Waals surface area contributed by atoms with Crippen molar-refractivity contribution in [1.82, 2.24) is 4.98 Å². The molecule has 18 heavy (non-hydrogen) atoms. The highest BCUT2D eigenvalue weighted by molar-refractivity contribution is 9.08. The molecule has 0 unspecified atom stereocenters. The van der Waals surface area contributed by atoms with E-state index in [2.05, 4.69) is 20.9 Å². The van der Waals surface area contributed by atoms with Gasteiger partial charge >= 0.3 is 0 Å². The van der Waals surface area contributed by atoms with Gasteiger partial charge in [-0.05, 0) is 36.2 Å². The minimum absolute atomic E-state index is 0.254. The Morgan fingerprint density at radius 3 is 2.83 bits per heavy atom. The number of pyridine rings is 1. The van der Waals surface area contributed by atoms with Crippen LogP contribution in [0.1, 0.15) is 16.8 Å². The van der Waals surface area contributed by atoms with E-state index in [1.54, 1.807) is 12.3 Å². The number of alkyl halides is 1. The van der Waals surface area contributed by atoms with E-state index >= 15 is 0 Å². The van der Waals surface area contributed by atoms with Crippen molar-refractivity contribution in [3.8, 4) is 5.75 Å². The number of hydrogen-bond donors (Lipinski definition) is 0. The van der Waals surface area contributed by atoms with Crippen molar-refractivity contribution in [1.29, 1.82) is 0 Å². The molecule has 0 spiro atoms. The third-order valence-corrected chi connectivity index (χ3v) is 3.28. The van der Waals surface area contributed by atoms with Crippen molar-refractivity contribution in [2.24, 2.45) is 0 Å². The molecular weight excluding hydrogens is 297 g/mol. The lowest BCUT2D eigenvalue weighted by atomic mass is 10.2. The van der Waals surface area contributed by atoms with E-state index in [1.165, 1.54) is 6.07 Å². The van der Waals surface area contributed by atoms with Crippen molar-refractivity contribution in [2.75, 3.05) is 0 Å². The first-order chi connectivity index (χ1) is 8.70. The van der Waals surface area contributed by atoms with E-state index in [0.717, 1.165) is 16.8 Å². The third-order valence-electron chi connectivity index (χ3n) is 2.63. The van der Waals surface area contributed by atoms with Crippen LogP contribution in [0.15, 0.2) is 36.5 Å². The predicted octanol–water partition coefficient (Wildman–Crippen LogP) is 4.00. The number of aromatic nitrogens is 1. The maximum atomic E-state index is 13.7. The summed E-state index contributed by atoms with van der Waals surface area (Å²) in [5, 5.41) is 0.629. The number of nitrogens with zero attached hydrogens (tertiary/aromatic N) is 1. The van der Waals surface area contributed by atoms with Gasteiger partial charge in [-0.15, -0.1) is 0 Å². The molecule has 0 fully saturated rings. The summed E-state index contributed by atoms with van der Waals surface area (Å²) in [5.74, 6) is -0.0923. The molecule has 0 bridgehead atoms. The first kappa shape index (κ1) is 13.0. The van der Waals surface area contributed by atoms with Gasteiger partial charge in [0.2, 0.25) is 0 Å². The van der Waals surface area contributed by atoms with Gasteiger partial charge in [0.1, 0.15) is 6.61 Å². The van der Waals surface area contributed by atoms with Gasteiger partial charge in [-0.2, -0.15) is 0 Å². The second-order valence-electron chi connectivity index (χ2n) is 3.95. The minimum atomic E-state index is -0.347. The van der Waals surface area contributed by atoms with E-state index in [9.17, 15) is 4.39 Å². The molecule has 0 N–H and O–H groups in total. The van der Waals surface area contributed by atoms with Crippen molar-refractivity contribution in [2.45, 2.75) is 18.9 Å². The van der Waals surface area contributed by atoms with Gasteiger partial charge < -0.3 is 4.74 Å². The fraction of sp³-hybridized carbons (Fsp3) is 0.214. The molecular formula is C14H13BrFNO. The van der Waals surface area contributed by atoms with Crippen LogP contribution in [0.5, 0.6) is 5.75 Å².